The van der Waals surface area contributed by atoms with Crippen LogP contribution in [0.15, 0.2) is 48.5 Å². The predicted molar refractivity (Wildman–Crippen MR) is 131 cm³/mol. The Morgan fingerprint density at radius 3 is 2.22 bits per heavy atom. The average molecular weight is 437 g/mol. The van der Waals surface area contributed by atoms with Crippen LogP contribution in [0.25, 0.3) is 0 Å². The molecule has 2 N–H and O–H groups in total. The first-order valence-electron chi connectivity index (χ1n) is 11.6. The summed E-state index contributed by atoms with van der Waals surface area (Å²) in [5.74, 6) is -0.137. The third-order valence-electron chi connectivity index (χ3n) is 6.04. The van der Waals surface area contributed by atoms with Gasteiger partial charge in [0.1, 0.15) is 6.04 Å². The Hall–Kier alpha value is -2.86. The highest BCUT2D eigenvalue weighted by Gasteiger charge is 2.23. The van der Waals surface area contributed by atoms with Gasteiger partial charge in [0.25, 0.3) is 5.91 Å². The fourth-order valence-corrected chi connectivity index (χ4v) is 4.07. The minimum Gasteiger partial charge on any atom is -0.369 e. The quantitative estimate of drug-likeness (QED) is 0.658. The van der Waals surface area contributed by atoms with E-state index < -0.39 is 6.04 Å². The van der Waals surface area contributed by atoms with Crippen LogP contribution >= 0.6 is 0 Å². The number of nitrogens with one attached hydrogen (secondary N) is 2. The van der Waals surface area contributed by atoms with Crippen LogP contribution in [0.3, 0.4) is 0 Å². The Balaban J connectivity index is 1.63. The van der Waals surface area contributed by atoms with E-state index in [9.17, 15) is 9.59 Å². The molecule has 0 aliphatic carbocycles. The molecule has 0 radical (unpaired) electrons. The molecular formula is C26H36N4O2. The summed E-state index contributed by atoms with van der Waals surface area (Å²) < 4.78 is 0. The number of amides is 2. The number of hydrogen-bond acceptors (Lipinski definition) is 4. The minimum absolute atomic E-state index is 0.190. The van der Waals surface area contributed by atoms with E-state index in [1.807, 2.05) is 51.1 Å². The maximum absolute atomic E-state index is 13.0. The molecule has 6 heteroatoms. The Labute approximate surface area is 192 Å². The summed E-state index contributed by atoms with van der Waals surface area (Å²) in [5.41, 5.74) is 3.40. The van der Waals surface area contributed by atoms with E-state index in [-0.39, 0.29) is 17.7 Å². The van der Waals surface area contributed by atoms with Gasteiger partial charge in [0.15, 0.2) is 0 Å². The normalized spacial score (nSPS) is 15.5. The first kappa shape index (κ1) is 23.8. The van der Waals surface area contributed by atoms with Crippen molar-refractivity contribution in [2.24, 2.45) is 5.92 Å². The Kier molecular flexibility index (Phi) is 8.28. The standard InChI is InChI=1S/C26H36N4O2/c1-5-29-14-16-30(17-15-29)22-12-10-21(11-13-22)27-26(32)24(18-19(2)3)28-25(31)23-9-7-6-8-20(23)4/h6-13,19,24H,5,14-18H2,1-4H3,(H,27,32)(H,28,31)/t24-/m0/s1. The Morgan fingerprint density at radius 2 is 1.62 bits per heavy atom. The molecular weight excluding hydrogens is 400 g/mol. The van der Waals surface area contributed by atoms with E-state index in [1.165, 1.54) is 5.69 Å². The van der Waals surface area contributed by atoms with Crippen molar-refractivity contribution in [2.75, 3.05) is 42.9 Å². The zero-order chi connectivity index (χ0) is 23.1. The summed E-state index contributed by atoms with van der Waals surface area (Å²) in [6.07, 6.45) is 0.573. The minimum atomic E-state index is -0.594. The number of aryl methyl sites for hydroxylation is 1. The molecule has 32 heavy (non-hydrogen) atoms. The van der Waals surface area contributed by atoms with Crippen LogP contribution in [0.2, 0.25) is 0 Å². The summed E-state index contributed by atoms with van der Waals surface area (Å²) >= 11 is 0. The first-order chi connectivity index (χ1) is 15.4. The molecule has 6 nitrogen and oxygen atoms in total. The van der Waals surface area contributed by atoms with E-state index in [0.29, 0.717) is 12.0 Å². The predicted octanol–water partition coefficient (Wildman–Crippen LogP) is 3.92. The van der Waals surface area contributed by atoms with E-state index in [0.717, 1.165) is 44.0 Å². The lowest BCUT2D eigenvalue weighted by atomic mass is 10.0. The fraction of sp³-hybridized carbons (Fsp3) is 0.462. The van der Waals surface area contributed by atoms with Crippen LogP contribution in [-0.4, -0.2) is 55.5 Å². The zero-order valence-electron chi connectivity index (χ0n) is 19.7. The van der Waals surface area contributed by atoms with Crippen LogP contribution in [0.5, 0.6) is 0 Å². The number of carbonyl (C=O) groups is 2. The van der Waals surface area contributed by atoms with Crippen molar-refractivity contribution in [1.29, 1.82) is 0 Å². The lowest BCUT2D eigenvalue weighted by Gasteiger charge is -2.35. The lowest BCUT2D eigenvalue weighted by molar-refractivity contribution is -0.118. The summed E-state index contributed by atoms with van der Waals surface area (Å²) in [6.45, 7) is 13.5. The van der Waals surface area contributed by atoms with Gasteiger partial charge in [0, 0.05) is 43.1 Å². The number of rotatable bonds is 8. The van der Waals surface area contributed by atoms with Gasteiger partial charge < -0.3 is 20.4 Å². The zero-order valence-corrected chi connectivity index (χ0v) is 19.7. The van der Waals surface area contributed by atoms with E-state index in [1.54, 1.807) is 6.07 Å². The van der Waals surface area contributed by atoms with Crippen molar-refractivity contribution in [3.05, 3.63) is 59.7 Å². The second-order valence-electron chi connectivity index (χ2n) is 8.93. The second kappa shape index (κ2) is 11.1. The van der Waals surface area contributed by atoms with Gasteiger partial charge >= 0.3 is 0 Å². The largest absolute Gasteiger partial charge is 0.369 e. The molecule has 1 aliphatic rings. The van der Waals surface area contributed by atoms with Crippen molar-refractivity contribution < 1.29 is 9.59 Å². The molecule has 2 aromatic rings. The molecule has 0 spiro atoms. The maximum Gasteiger partial charge on any atom is 0.252 e. The summed E-state index contributed by atoms with van der Waals surface area (Å²) in [6, 6.07) is 14.8. The highest BCUT2D eigenvalue weighted by atomic mass is 16.2. The summed E-state index contributed by atoms with van der Waals surface area (Å²) in [4.78, 5) is 30.6. The van der Waals surface area contributed by atoms with E-state index in [4.69, 9.17) is 0 Å². The summed E-state index contributed by atoms with van der Waals surface area (Å²) in [5, 5.41) is 5.92. The topological polar surface area (TPSA) is 64.7 Å². The second-order valence-corrected chi connectivity index (χ2v) is 8.93. The number of benzene rings is 2. The number of nitrogens with zero attached hydrogens (tertiary/aromatic N) is 2. The van der Waals surface area contributed by atoms with Crippen LogP contribution < -0.4 is 15.5 Å². The number of likely N-dealkylation sites (N-methyl/N-ethyl adjacent to an activating group) is 1. The molecule has 1 aliphatic heterocycles. The van der Waals surface area contributed by atoms with Gasteiger partial charge in [0.05, 0.1) is 0 Å². The number of anilines is 2. The maximum atomic E-state index is 13.0. The highest BCUT2D eigenvalue weighted by Crippen LogP contribution is 2.20. The Bertz CT molecular complexity index is 902. The molecule has 1 heterocycles. The third-order valence-corrected chi connectivity index (χ3v) is 6.04. The van der Waals surface area contributed by atoms with Crippen LogP contribution in [-0.2, 0) is 4.79 Å². The van der Waals surface area contributed by atoms with Gasteiger partial charge in [-0.1, -0.05) is 39.0 Å². The number of hydrogen-bond donors (Lipinski definition) is 2. The molecule has 0 aromatic heterocycles. The van der Waals surface area contributed by atoms with Crippen LogP contribution in [0.1, 0.15) is 43.1 Å². The monoisotopic (exact) mass is 436 g/mol. The smallest absolute Gasteiger partial charge is 0.252 e. The van der Waals surface area contributed by atoms with Crippen molar-refractivity contribution in [2.45, 2.75) is 40.2 Å². The van der Waals surface area contributed by atoms with Gasteiger partial charge in [-0.15, -0.1) is 0 Å². The number of carbonyl (C=O) groups excluding carboxylic acids is 2. The third kappa shape index (κ3) is 6.33. The van der Waals surface area contributed by atoms with Crippen molar-refractivity contribution in [3.8, 4) is 0 Å². The number of piperazine rings is 1. The van der Waals surface area contributed by atoms with E-state index >= 15 is 0 Å². The average Bonchev–Trinajstić information content (AvgIpc) is 2.79. The molecule has 2 aromatic carbocycles. The molecule has 2 amide bonds. The summed E-state index contributed by atoms with van der Waals surface area (Å²) in [7, 11) is 0. The molecule has 1 saturated heterocycles. The van der Waals surface area contributed by atoms with Gasteiger partial charge in [0.2, 0.25) is 5.91 Å². The van der Waals surface area contributed by atoms with Gasteiger partial charge in [-0.2, -0.15) is 0 Å². The first-order valence-corrected chi connectivity index (χ1v) is 11.6. The van der Waals surface area contributed by atoms with Gasteiger partial charge in [-0.25, -0.2) is 0 Å². The molecule has 1 atom stereocenters. The molecule has 0 saturated carbocycles. The van der Waals surface area contributed by atoms with E-state index in [2.05, 4.69) is 39.5 Å². The molecule has 1 fully saturated rings. The van der Waals surface area contributed by atoms with Crippen LogP contribution in [0.4, 0.5) is 11.4 Å². The SMILES string of the molecule is CCN1CCN(c2ccc(NC(=O)[C@H](CC(C)C)NC(=O)c3ccccc3C)cc2)CC1. The van der Waals surface area contributed by atoms with Crippen molar-refractivity contribution in [1.82, 2.24) is 10.2 Å². The fourth-order valence-electron chi connectivity index (χ4n) is 4.07. The molecule has 0 bridgehead atoms. The van der Waals surface area contributed by atoms with Gasteiger partial charge in [-0.05, 0) is 61.7 Å². The van der Waals surface area contributed by atoms with Gasteiger partial charge in [-0.3, -0.25) is 9.59 Å². The lowest BCUT2D eigenvalue weighted by Crippen LogP contribution is -2.46. The molecule has 3 rings (SSSR count). The van der Waals surface area contributed by atoms with Crippen LogP contribution in [0, 0.1) is 12.8 Å². The van der Waals surface area contributed by atoms with Crippen molar-refractivity contribution >= 4 is 23.2 Å². The van der Waals surface area contributed by atoms with Crippen molar-refractivity contribution in [3.63, 3.8) is 0 Å². The Morgan fingerprint density at radius 1 is 0.969 bits per heavy atom. The molecule has 172 valence electrons. The highest BCUT2D eigenvalue weighted by molar-refractivity contribution is 6.01. The molecule has 0 unspecified atom stereocenters.